The van der Waals surface area contributed by atoms with Gasteiger partial charge in [0.15, 0.2) is 11.4 Å². The summed E-state index contributed by atoms with van der Waals surface area (Å²) in [6.45, 7) is 2.84. The first-order valence-electron chi connectivity index (χ1n) is 8.32. The van der Waals surface area contributed by atoms with Gasteiger partial charge < -0.3 is 15.0 Å². The molecule has 124 valence electrons. The maximum Gasteiger partial charge on any atom is 0.166 e. The van der Waals surface area contributed by atoms with Crippen molar-refractivity contribution in [3.05, 3.63) is 54.1 Å². The number of aromatic nitrogens is 2. The molecule has 24 heavy (non-hydrogen) atoms. The highest BCUT2D eigenvalue weighted by atomic mass is 19.1. The minimum atomic E-state index is -0.443. The Kier molecular flexibility index (Phi) is 3.44. The number of benzene rings is 2. The van der Waals surface area contributed by atoms with E-state index in [-0.39, 0.29) is 5.82 Å². The molecule has 2 aromatic carbocycles. The van der Waals surface area contributed by atoms with Crippen molar-refractivity contribution in [2.24, 2.45) is 0 Å². The Hall–Kier alpha value is -2.56. The first kappa shape index (κ1) is 15.0. The number of anilines is 1. The molecule has 5 heteroatoms. The van der Waals surface area contributed by atoms with Gasteiger partial charge in [-0.15, -0.1) is 0 Å². The molecule has 0 radical (unpaired) electrons. The van der Waals surface area contributed by atoms with Crippen LogP contribution in [0.1, 0.15) is 32.0 Å². The molecule has 0 amide bonds. The van der Waals surface area contributed by atoms with Gasteiger partial charge in [0.05, 0.1) is 11.0 Å². The molecule has 1 fully saturated rings. The summed E-state index contributed by atoms with van der Waals surface area (Å²) in [5.74, 6) is 1.40. The molecule has 0 atom stereocenters. The summed E-state index contributed by atoms with van der Waals surface area (Å²) in [6.07, 6.45) is 2.91. The Bertz CT molecular complexity index is 882. The van der Waals surface area contributed by atoms with Crippen LogP contribution in [-0.4, -0.2) is 9.55 Å². The van der Waals surface area contributed by atoms with Crippen molar-refractivity contribution in [3.8, 4) is 5.75 Å². The maximum atomic E-state index is 13.6. The number of nitrogens with zero attached hydrogens (tertiary/aromatic N) is 2. The predicted octanol–water partition coefficient (Wildman–Crippen LogP) is 4.24. The molecule has 1 aliphatic carbocycles. The van der Waals surface area contributed by atoms with Gasteiger partial charge >= 0.3 is 0 Å². The topological polar surface area (TPSA) is 53.1 Å². The van der Waals surface area contributed by atoms with Gasteiger partial charge in [0, 0.05) is 18.3 Å². The average molecular weight is 325 g/mol. The van der Waals surface area contributed by atoms with Crippen molar-refractivity contribution in [3.63, 3.8) is 0 Å². The summed E-state index contributed by atoms with van der Waals surface area (Å²) in [7, 11) is 0. The Morgan fingerprint density at radius 3 is 2.58 bits per heavy atom. The quantitative estimate of drug-likeness (QED) is 0.730. The molecule has 4 rings (SSSR count). The lowest BCUT2D eigenvalue weighted by atomic mass is 9.79. The third kappa shape index (κ3) is 2.31. The number of hydrogen-bond acceptors (Lipinski definition) is 3. The van der Waals surface area contributed by atoms with Crippen LogP contribution in [0.4, 0.5) is 10.1 Å². The molecule has 4 nitrogen and oxygen atoms in total. The second kappa shape index (κ2) is 5.51. The number of nitrogens with two attached hydrogens (primary N) is 1. The fraction of sp³-hybridized carbons (Fsp3) is 0.316. The van der Waals surface area contributed by atoms with E-state index in [1.165, 1.54) is 12.1 Å². The van der Waals surface area contributed by atoms with Crippen LogP contribution in [0.25, 0.3) is 11.0 Å². The summed E-state index contributed by atoms with van der Waals surface area (Å²) < 4.78 is 22.0. The molecule has 2 N–H and O–H groups in total. The van der Waals surface area contributed by atoms with Gasteiger partial charge in [0.1, 0.15) is 11.6 Å². The first-order chi connectivity index (χ1) is 11.6. The number of halogens is 1. The maximum absolute atomic E-state index is 13.6. The van der Waals surface area contributed by atoms with E-state index in [0.29, 0.717) is 11.2 Å². The van der Waals surface area contributed by atoms with E-state index < -0.39 is 5.60 Å². The number of rotatable bonds is 4. The van der Waals surface area contributed by atoms with E-state index in [4.69, 9.17) is 15.5 Å². The summed E-state index contributed by atoms with van der Waals surface area (Å²) >= 11 is 0. The molecule has 1 heterocycles. The smallest absolute Gasteiger partial charge is 0.166 e. The van der Waals surface area contributed by atoms with E-state index in [0.717, 1.165) is 42.9 Å². The van der Waals surface area contributed by atoms with Crippen LogP contribution in [-0.2, 0) is 12.1 Å². The third-order valence-corrected chi connectivity index (χ3v) is 4.79. The summed E-state index contributed by atoms with van der Waals surface area (Å²) in [5, 5.41) is 0. The molecule has 1 saturated carbocycles. The largest absolute Gasteiger partial charge is 0.479 e. The molecule has 0 aliphatic heterocycles. The fourth-order valence-corrected chi connectivity index (χ4v) is 3.40. The number of fused-ring (bicyclic) bond motifs is 1. The highest BCUT2D eigenvalue weighted by Gasteiger charge is 2.45. The second-order valence-electron chi connectivity index (χ2n) is 6.33. The van der Waals surface area contributed by atoms with Gasteiger partial charge in [0.25, 0.3) is 0 Å². The van der Waals surface area contributed by atoms with Crippen molar-refractivity contribution in [1.82, 2.24) is 9.55 Å². The van der Waals surface area contributed by atoms with Crippen molar-refractivity contribution in [1.29, 1.82) is 0 Å². The van der Waals surface area contributed by atoms with E-state index in [1.54, 1.807) is 6.07 Å². The van der Waals surface area contributed by atoms with Crippen LogP contribution in [0.15, 0.2) is 42.5 Å². The molecular weight excluding hydrogens is 305 g/mol. The molecular formula is C19H20FN3O. The molecule has 0 bridgehead atoms. The summed E-state index contributed by atoms with van der Waals surface area (Å²) in [4.78, 5) is 4.73. The van der Waals surface area contributed by atoms with Crippen LogP contribution in [0, 0.1) is 5.82 Å². The van der Waals surface area contributed by atoms with Gasteiger partial charge in [-0.3, -0.25) is 0 Å². The van der Waals surface area contributed by atoms with Crippen molar-refractivity contribution < 1.29 is 9.13 Å². The second-order valence-corrected chi connectivity index (χ2v) is 6.33. The normalized spacial score (nSPS) is 16.1. The number of ether oxygens (including phenoxy) is 1. The lowest BCUT2D eigenvalue weighted by Gasteiger charge is -2.41. The van der Waals surface area contributed by atoms with Crippen LogP contribution < -0.4 is 10.5 Å². The van der Waals surface area contributed by atoms with Crippen LogP contribution in [0.2, 0.25) is 0 Å². The van der Waals surface area contributed by atoms with Crippen LogP contribution in [0.3, 0.4) is 0 Å². The van der Waals surface area contributed by atoms with Crippen molar-refractivity contribution >= 4 is 16.7 Å². The highest BCUT2D eigenvalue weighted by molar-refractivity contribution is 5.76. The Morgan fingerprint density at radius 2 is 1.96 bits per heavy atom. The lowest BCUT2D eigenvalue weighted by molar-refractivity contribution is -0.0228. The molecule has 0 spiro atoms. The Morgan fingerprint density at radius 1 is 1.21 bits per heavy atom. The predicted molar refractivity (Wildman–Crippen MR) is 92.4 cm³/mol. The zero-order valence-electron chi connectivity index (χ0n) is 13.6. The number of aryl methyl sites for hydroxylation is 1. The first-order valence-corrected chi connectivity index (χ1v) is 8.32. The standard InChI is InChI=1S/C19H20FN3O/c1-2-23-17-9-4-13(20)12-16(17)22-18(23)19(10-3-11-19)24-15-7-5-14(21)6-8-15/h4-9,12H,2-3,10-11,21H2,1H3. The van der Waals surface area contributed by atoms with Gasteiger partial charge in [0.2, 0.25) is 0 Å². The van der Waals surface area contributed by atoms with Gasteiger partial charge in [-0.2, -0.15) is 0 Å². The molecule has 1 aromatic heterocycles. The minimum Gasteiger partial charge on any atom is -0.479 e. The van der Waals surface area contributed by atoms with E-state index in [2.05, 4.69) is 11.5 Å². The Balaban J connectivity index is 1.79. The molecule has 1 aliphatic rings. The number of hydrogen-bond donors (Lipinski definition) is 1. The molecule has 0 saturated heterocycles. The SMILES string of the molecule is CCn1c(C2(Oc3ccc(N)cc3)CCC2)nc2cc(F)ccc21. The van der Waals surface area contributed by atoms with Crippen molar-refractivity contribution in [2.75, 3.05) is 5.73 Å². The van der Waals surface area contributed by atoms with Crippen LogP contribution in [0.5, 0.6) is 5.75 Å². The molecule has 3 aromatic rings. The fourth-order valence-electron chi connectivity index (χ4n) is 3.40. The summed E-state index contributed by atoms with van der Waals surface area (Å²) in [6, 6.07) is 12.2. The van der Waals surface area contributed by atoms with Crippen LogP contribution >= 0.6 is 0 Å². The minimum absolute atomic E-state index is 0.267. The number of nitrogen functional groups attached to an aromatic ring is 1. The highest BCUT2D eigenvalue weighted by Crippen LogP contribution is 2.45. The zero-order chi connectivity index (χ0) is 16.7. The summed E-state index contributed by atoms with van der Waals surface area (Å²) in [5.41, 5.74) is 7.64. The van der Waals surface area contributed by atoms with E-state index in [1.807, 2.05) is 24.3 Å². The third-order valence-electron chi connectivity index (χ3n) is 4.79. The molecule has 0 unspecified atom stereocenters. The van der Waals surface area contributed by atoms with Gasteiger partial charge in [-0.05, 0) is 62.6 Å². The monoisotopic (exact) mass is 325 g/mol. The van der Waals surface area contributed by atoms with E-state index >= 15 is 0 Å². The average Bonchev–Trinajstić information content (AvgIpc) is 2.90. The van der Waals surface area contributed by atoms with Crippen molar-refractivity contribution in [2.45, 2.75) is 38.3 Å². The lowest BCUT2D eigenvalue weighted by Crippen LogP contribution is -2.42. The van der Waals surface area contributed by atoms with E-state index in [9.17, 15) is 4.39 Å². The zero-order valence-corrected chi connectivity index (χ0v) is 13.6. The van der Waals surface area contributed by atoms with Gasteiger partial charge in [-0.25, -0.2) is 9.37 Å². The number of imidazole rings is 1. The Labute approximate surface area is 140 Å². The van der Waals surface area contributed by atoms with Gasteiger partial charge in [-0.1, -0.05) is 0 Å².